The number of rotatable bonds is 6. The zero-order valence-electron chi connectivity index (χ0n) is 17.9. The number of hydrogen-bond donors (Lipinski definition) is 1. The molecule has 5 aromatic rings. The molecule has 0 atom stereocenters. The number of ether oxygens (including phenoxy) is 1. The van der Waals surface area contributed by atoms with E-state index in [1.165, 1.54) is 22.9 Å². The number of esters is 1. The summed E-state index contributed by atoms with van der Waals surface area (Å²) in [6, 6.07) is 24.1. The van der Waals surface area contributed by atoms with E-state index in [4.69, 9.17) is 9.72 Å². The number of thiazole rings is 1. The van der Waals surface area contributed by atoms with Crippen LogP contribution in [0.1, 0.15) is 17.3 Å². The van der Waals surface area contributed by atoms with Crippen LogP contribution in [0.4, 0.5) is 10.9 Å². The first-order chi connectivity index (χ1) is 16.2. The van der Waals surface area contributed by atoms with E-state index in [1.807, 2.05) is 47.8 Å². The number of carbonyl (C=O) groups excluding carboxylic acids is 1. The van der Waals surface area contributed by atoms with Gasteiger partial charge in [-0.3, -0.25) is 0 Å². The number of nitrogens with zero attached hydrogens (tertiary/aromatic N) is 3. The van der Waals surface area contributed by atoms with E-state index in [1.54, 1.807) is 6.92 Å². The Balaban J connectivity index is 1.48. The van der Waals surface area contributed by atoms with Crippen LogP contribution >= 0.6 is 11.3 Å². The minimum atomic E-state index is -0.481. The highest BCUT2D eigenvalue weighted by molar-refractivity contribution is 7.14. The largest absolute Gasteiger partial charge is 0.462 e. The van der Waals surface area contributed by atoms with Gasteiger partial charge in [0.05, 0.1) is 12.3 Å². The minimum absolute atomic E-state index is 0.263. The molecule has 0 aliphatic carbocycles. The second kappa shape index (κ2) is 9.18. The van der Waals surface area contributed by atoms with Crippen LogP contribution in [0, 0.1) is 0 Å². The van der Waals surface area contributed by atoms with Crippen LogP contribution in [-0.2, 0) is 4.74 Å². The summed E-state index contributed by atoms with van der Waals surface area (Å²) in [5.74, 6) is 0.394. The lowest BCUT2D eigenvalue weighted by atomic mass is 10.1. The van der Waals surface area contributed by atoms with E-state index < -0.39 is 5.97 Å². The van der Waals surface area contributed by atoms with Crippen molar-refractivity contribution < 1.29 is 9.53 Å². The van der Waals surface area contributed by atoms with Gasteiger partial charge < -0.3 is 10.1 Å². The van der Waals surface area contributed by atoms with Crippen LogP contribution in [0.3, 0.4) is 0 Å². The summed E-state index contributed by atoms with van der Waals surface area (Å²) in [6.07, 6.45) is 1.49. The number of benzene rings is 3. The Hall–Kier alpha value is -4.10. The number of hydrogen-bond acceptors (Lipinski definition) is 7. The lowest BCUT2D eigenvalue weighted by Gasteiger charge is -2.10. The molecule has 2 heterocycles. The molecule has 33 heavy (non-hydrogen) atoms. The van der Waals surface area contributed by atoms with Crippen molar-refractivity contribution in [2.24, 2.45) is 0 Å². The second-order valence-electron chi connectivity index (χ2n) is 7.27. The number of anilines is 2. The molecule has 0 saturated heterocycles. The van der Waals surface area contributed by atoms with Crippen molar-refractivity contribution >= 4 is 39.0 Å². The SMILES string of the molecule is CCOC(=O)c1cnc(-c2ccccc2)nc1Nc1nc(-c2ccc3ccccc3c2)cs1. The predicted molar refractivity (Wildman–Crippen MR) is 132 cm³/mol. The Kier molecular flexibility index (Phi) is 5.78. The molecule has 0 radical (unpaired) electrons. The molecule has 3 aromatic carbocycles. The first-order valence-corrected chi connectivity index (χ1v) is 11.4. The lowest BCUT2D eigenvalue weighted by Crippen LogP contribution is -2.11. The normalized spacial score (nSPS) is 10.8. The van der Waals surface area contributed by atoms with E-state index in [0.717, 1.165) is 22.2 Å². The summed E-state index contributed by atoms with van der Waals surface area (Å²) in [5.41, 5.74) is 2.99. The van der Waals surface area contributed by atoms with Gasteiger partial charge >= 0.3 is 5.97 Å². The molecule has 0 fully saturated rings. The molecule has 0 aliphatic heterocycles. The molecule has 6 nitrogen and oxygen atoms in total. The van der Waals surface area contributed by atoms with Gasteiger partial charge in [-0.1, -0.05) is 66.7 Å². The summed E-state index contributed by atoms with van der Waals surface area (Å²) in [5, 5.41) is 8.15. The number of fused-ring (bicyclic) bond motifs is 1. The van der Waals surface area contributed by atoms with Gasteiger partial charge in [-0.25, -0.2) is 19.7 Å². The van der Waals surface area contributed by atoms with Crippen molar-refractivity contribution in [2.75, 3.05) is 11.9 Å². The summed E-state index contributed by atoms with van der Waals surface area (Å²) >= 11 is 1.45. The van der Waals surface area contributed by atoms with Gasteiger partial charge in [0.25, 0.3) is 0 Å². The lowest BCUT2D eigenvalue weighted by molar-refractivity contribution is 0.0526. The summed E-state index contributed by atoms with van der Waals surface area (Å²) in [7, 11) is 0. The first kappa shape index (κ1) is 20.8. The fourth-order valence-electron chi connectivity index (χ4n) is 3.48. The molecule has 1 N–H and O–H groups in total. The van der Waals surface area contributed by atoms with Crippen LogP contribution in [0.2, 0.25) is 0 Å². The standard InChI is InChI=1S/C26H20N4O2S/c1-2-32-25(31)21-15-27-23(18-9-4-3-5-10-18)29-24(21)30-26-28-22(16-33-26)20-13-12-17-8-6-7-11-19(17)14-20/h3-16H,2H2,1H3,(H,27,28,29,30). The Morgan fingerprint density at radius 2 is 1.73 bits per heavy atom. The topological polar surface area (TPSA) is 77.0 Å². The van der Waals surface area contributed by atoms with Gasteiger partial charge in [-0.15, -0.1) is 11.3 Å². The van der Waals surface area contributed by atoms with Crippen LogP contribution in [0.5, 0.6) is 0 Å². The van der Waals surface area contributed by atoms with Crippen molar-refractivity contribution in [3.05, 3.63) is 89.9 Å². The maximum atomic E-state index is 12.5. The van der Waals surface area contributed by atoms with Crippen LogP contribution in [0.25, 0.3) is 33.4 Å². The van der Waals surface area contributed by atoms with E-state index in [2.05, 4.69) is 45.6 Å². The highest BCUT2D eigenvalue weighted by Crippen LogP contribution is 2.30. The third kappa shape index (κ3) is 4.44. The monoisotopic (exact) mass is 452 g/mol. The molecule has 0 saturated carbocycles. The molecule has 5 rings (SSSR count). The molecule has 2 aromatic heterocycles. The number of nitrogens with one attached hydrogen (secondary N) is 1. The van der Waals surface area contributed by atoms with Crippen molar-refractivity contribution in [1.82, 2.24) is 15.0 Å². The maximum Gasteiger partial charge on any atom is 0.343 e. The molecular formula is C26H20N4O2S. The Labute approximate surface area is 195 Å². The van der Waals surface area contributed by atoms with Gasteiger partial charge in [-0.05, 0) is 23.8 Å². The van der Waals surface area contributed by atoms with E-state index >= 15 is 0 Å². The predicted octanol–water partition coefficient (Wildman–Crippen LogP) is 6.34. The van der Waals surface area contributed by atoms with E-state index in [9.17, 15) is 4.79 Å². The summed E-state index contributed by atoms with van der Waals surface area (Å²) in [4.78, 5) is 26.2. The molecule has 7 heteroatoms. The van der Waals surface area contributed by atoms with Gasteiger partial charge in [0.2, 0.25) is 0 Å². The van der Waals surface area contributed by atoms with Crippen LogP contribution < -0.4 is 5.32 Å². The van der Waals surface area contributed by atoms with Gasteiger partial charge in [0.15, 0.2) is 16.8 Å². The summed E-state index contributed by atoms with van der Waals surface area (Å²) < 4.78 is 5.19. The van der Waals surface area contributed by atoms with Crippen LogP contribution in [-0.4, -0.2) is 27.5 Å². The zero-order chi connectivity index (χ0) is 22.6. The third-order valence-electron chi connectivity index (χ3n) is 5.09. The fourth-order valence-corrected chi connectivity index (χ4v) is 4.19. The first-order valence-electron chi connectivity index (χ1n) is 10.5. The molecule has 0 bridgehead atoms. The van der Waals surface area contributed by atoms with Crippen molar-refractivity contribution in [3.63, 3.8) is 0 Å². The molecule has 0 spiro atoms. The van der Waals surface area contributed by atoms with Gasteiger partial charge in [0.1, 0.15) is 5.56 Å². The quantitative estimate of drug-likeness (QED) is 0.303. The van der Waals surface area contributed by atoms with Gasteiger partial charge in [0, 0.05) is 22.7 Å². The highest BCUT2D eigenvalue weighted by atomic mass is 32.1. The van der Waals surface area contributed by atoms with Crippen molar-refractivity contribution in [2.45, 2.75) is 6.92 Å². The molecule has 0 unspecified atom stereocenters. The average Bonchev–Trinajstić information content (AvgIpc) is 3.33. The molecule has 0 aliphatic rings. The smallest absolute Gasteiger partial charge is 0.343 e. The molecule has 0 amide bonds. The number of carbonyl (C=O) groups is 1. The van der Waals surface area contributed by atoms with Gasteiger partial charge in [-0.2, -0.15) is 0 Å². The Morgan fingerprint density at radius 3 is 2.55 bits per heavy atom. The zero-order valence-corrected chi connectivity index (χ0v) is 18.7. The van der Waals surface area contributed by atoms with Crippen molar-refractivity contribution in [3.8, 4) is 22.6 Å². The maximum absolute atomic E-state index is 12.5. The minimum Gasteiger partial charge on any atom is -0.462 e. The highest BCUT2D eigenvalue weighted by Gasteiger charge is 2.18. The second-order valence-corrected chi connectivity index (χ2v) is 8.13. The molecule has 162 valence electrons. The summed E-state index contributed by atoms with van der Waals surface area (Å²) in [6.45, 7) is 2.03. The fraction of sp³-hybridized carbons (Fsp3) is 0.0769. The van der Waals surface area contributed by atoms with E-state index in [-0.39, 0.29) is 12.2 Å². The Morgan fingerprint density at radius 1 is 0.939 bits per heavy atom. The van der Waals surface area contributed by atoms with Crippen LogP contribution in [0.15, 0.2) is 84.4 Å². The van der Waals surface area contributed by atoms with E-state index in [0.29, 0.717) is 16.8 Å². The third-order valence-corrected chi connectivity index (χ3v) is 5.85. The van der Waals surface area contributed by atoms with Crippen molar-refractivity contribution in [1.29, 1.82) is 0 Å². The molecular weight excluding hydrogens is 432 g/mol. The average molecular weight is 453 g/mol. The number of aromatic nitrogens is 3. The Bertz CT molecular complexity index is 1430.